The zero-order chi connectivity index (χ0) is 11.9. The Balaban J connectivity index is 1.74. The zero-order valence-corrected chi connectivity index (χ0v) is 9.72. The predicted octanol–water partition coefficient (Wildman–Crippen LogP) is 1.41. The fourth-order valence-electron chi connectivity index (χ4n) is 1.52. The number of aromatic nitrogens is 2. The summed E-state index contributed by atoms with van der Waals surface area (Å²) in [6.07, 6.45) is 2.11. The van der Waals surface area contributed by atoms with E-state index < -0.39 is 0 Å². The Kier molecular flexibility index (Phi) is 4.10. The van der Waals surface area contributed by atoms with Gasteiger partial charge in [-0.25, -0.2) is 0 Å². The van der Waals surface area contributed by atoms with E-state index in [1.165, 1.54) is 12.0 Å². The normalized spacial score (nSPS) is 10.4. The van der Waals surface area contributed by atoms with Gasteiger partial charge in [0.25, 0.3) is 0 Å². The van der Waals surface area contributed by atoms with Crippen LogP contribution < -0.4 is 10.1 Å². The van der Waals surface area contributed by atoms with Crippen LogP contribution in [0.15, 0.2) is 35.2 Å². The Morgan fingerprint density at radius 2 is 2.35 bits per heavy atom. The summed E-state index contributed by atoms with van der Waals surface area (Å²) >= 11 is 0. The van der Waals surface area contributed by atoms with Crippen molar-refractivity contribution in [3.63, 3.8) is 0 Å². The number of benzene rings is 1. The number of nitrogens with one attached hydrogen (secondary N) is 1. The standard InChI is InChI=1S/C12H15N3O2/c1-16-11-4-2-3-10(7-11)8-13-6-5-12-14-9-17-15-12/h2-4,7,9,13H,5-6,8H2,1H3. The van der Waals surface area contributed by atoms with E-state index in [-0.39, 0.29) is 0 Å². The van der Waals surface area contributed by atoms with Crippen LogP contribution in [0.1, 0.15) is 11.4 Å². The molecule has 0 aliphatic rings. The van der Waals surface area contributed by atoms with E-state index in [1.807, 2.05) is 18.2 Å². The highest BCUT2D eigenvalue weighted by Crippen LogP contribution is 2.11. The summed E-state index contributed by atoms with van der Waals surface area (Å²) in [7, 11) is 1.67. The summed E-state index contributed by atoms with van der Waals surface area (Å²) in [5, 5.41) is 7.06. The second-order valence-electron chi connectivity index (χ2n) is 3.63. The number of ether oxygens (including phenoxy) is 1. The second kappa shape index (κ2) is 6.00. The first-order valence-corrected chi connectivity index (χ1v) is 5.47. The van der Waals surface area contributed by atoms with E-state index in [2.05, 4.69) is 26.0 Å². The Labute approximate surface area is 99.8 Å². The molecule has 0 aliphatic heterocycles. The molecule has 5 heteroatoms. The lowest BCUT2D eigenvalue weighted by molar-refractivity contribution is 0.409. The molecular formula is C12H15N3O2. The zero-order valence-electron chi connectivity index (χ0n) is 9.72. The van der Waals surface area contributed by atoms with E-state index in [4.69, 9.17) is 4.74 Å². The maximum atomic E-state index is 5.16. The monoisotopic (exact) mass is 233 g/mol. The Bertz CT molecular complexity index is 443. The van der Waals surface area contributed by atoms with Crippen molar-refractivity contribution in [2.24, 2.45) is 0 Å². The van der Waals surface area contributed by atoms with Crippen LogP contribution in [-0.2, 0) is 13.0 Å². The van der Waals surface area contributed by atoms with Gasteiger partial charge in [-0.3, -0.25) is 0 Å². The fraction of sp³-hybridized carbons (Fsp3) is 0.333. The highest BCUT2D eigenvalue weighted by Gasteiger charge is 1.98. The maximum absolute atomic E-state index is 5.16. The van der Waals surface area contributed by atoms with Crippen LogP contribution in [0.25, 0.3) is 0 Å². The van der Waals surface area contributed by atoms with Crippen molar-refractivity contribution in [2.45, 2.75) is 13.0 Å². The second-order valence-corrected chi connectivity index (χ2v) is 3.63. The van der Waals surface area contributed by atoms with Crippen molar-refractivity contribution in [2.75, 3.05) is 13.7 Å². The van der Waals surface area contributed by atoms with E-state index in [1.54, 1.807) is 7.11 Å². The Morgan fingerprint density at radius 1 is 1.41 bits per heavy atom. The molecule has 0 saturated carbocycles. The molecule has 2 rings (SSSR count). The number of nitrogens with zero attached hydrogens (tertiary/aromatic N) is 2. The highest BCUT2D eigenvalue weighted by atomic mass is 16.5. The number of hydrogen-bond acceptors (Lipinski definition) is 5. The largest absolute Gasteiger partial charge is 0.497 e. The lowest BCUT2D eigenvalue weighted by Gasteiger charge is -2.05. The van der Waals surface area contributed by atoms with Crippen LogP contribution >= 0.6 is 0 Å². The Hall–Kier alpha value is -1.88. The molecule has 0 bridgehead atoms. The van der Waals surface area contributed by atoms with Gasteiger partial charge in [-0.05, 0) is 17.7 Å². The van der Waals surface area contributed by atoms with E-state index in [9.17, 15) is 0 Å². The van der Waals surface area contributed by atoms with Gasteiger partial charge in [0, 0.05) is 19.5 Å². The first-order chi connectivity index (χ1) is 8.38. The van der Waals surface area contributed by atoms with Crippen molar-refractivity contribution in [3.8, 4) is 5.75 Å². The molecule has 1 N–H and O–H groups in total. The molecule has 0 aliphatic carbocycles. The van der Waals surface area contributed by atoms with Crippen LogP contribution in [0.2, 0.25) is 0 Å². The van der Waals surface area contributed by atoms with Gasteiger partial charge in [-0.15, -0.1) is 0 Å². The summed E-state index contributed by atoms with van der Waals surface area (Å²) in [4.78, 5) is 3.95. The number of rotatable bonds is 6. The molecule has 0 saturated heterocycles. The highest BCUT2D eigenvalue weighted by molar-refractivity contribution is 5.28. The van der Waals surface area contributed by atoms with Crippen LogP contribution in [0.4, 0.5) is 0 Å². The molecule has 0 fully saturated rings. The van der Waals surface area contributed by atoms with Crippen molar-refractivity contribution < 1.29 is 9.26 Å². The van der Waals surface area contributed by atoms with Crippen molar-refractivity contribution >= 4 is 0 Å². The van der Waals surface area contributed by atoms with Crippen molar-refractivity contribution in [1.82, 2.24) is 15.5 Å². The average molecular weight is 233 g/mol. The number of hydrogen-bond donors (Lipinski definition) is 1. The molecule has 2 aromatic rings. The summed E-state index contributed by atoms with van der Waals surface area (Å²) in [6, 6.07) is 7.99. The first kappa shape index (κ1) is 11.6. The summed E-state index contributed by atoms with van der Waals surface area (Å²) in [5.74, 6) is 1.60. The molecule has 1 aromatic carbocycles. The molecule has 1 heterocycles. The van der Waals surface area contributed by atoms with Gasteiger partial charge < -0.3 is 14.6 Å². The lowest BCUT2D eigenvalue weighted by Crippen LogP contribution is -2.17. The third-order valence-electron chi connectivity index (χ3n) is 2.40. The first-order valence-electron chi connectivity index (χ1n) is 5.47. The third-order valence-corrected chi connectivity index (χ3v) is 2.40. The van der Waals surface area contributed by atoms with Gasteiger partial charge in [-0.1, -0.05) is 17.3 Å². The Morgan fingerprint density at radius 3 is 3.12 bits per heavy atom. The summed E-state index contributed by atoms with van der Waals surface area (Å²) in [5.41, 5.74) is 1.19. The van der Waals surface area contributed by atoms with Gasteiger partial charge in [0.2, 0.25) is 6.39 Å². The number of methoxy groups -OCH3 is 1. The van der Waals surface area contributed by atoms with Crippen LogP contribution in [0.5, 0.6) is 5.75 Å². The molecule has 90 valence electrons. The van der Waals surface area contributed by atoms with Crippen molar-refractivity contribution in [3.05, 3.63) is 42.0 Å². The molecule has 0 spiro atoms. The quantitative estimate of drug-likeness (QED) is 0.764. The average Bonchev–Trinajstić information content (AvgIpc) is 2.88. The van der Waals surface area contributed by atoms with Crippen LogP contribution in [0.3, 0.4) is 0 Å². The SMILES string of the molecule is COc1cccc(CNCCc2ncon2)c1. The fourth-order valence-corrected chi connectivity index (χ4v) is 1.52. The maximum Gasteiger partial charge on any atom is 0.213 e. The summed E-state index contributed by atoms with van der Waals surface area (Å²) in [6.45, 7) is 1.62. The summed E-state index contributed by atoms with van der Waals surface area (Å²) < 4.78 is 9.81. The molecule has 0 amide bonds. The third kappa shape index (κ3) is 3.57. The molecular weight excluding hydrogens is 218 g/mol. The minimum atomic E-state index is 0.725. The molecule has 5 nitrogen and oxygen atoms in total. The molecule has 0 radical (unpaired) electrons. The molecule has 1 aromatic heterocycles. The van der Waals surface area contributed by atoms with E-state index in [0.29, 0.717) is 0 Å². The van der Waals surface area contributed by atoms with Gasteiger partial charge in [0.15, 0.2) is 5.82 Å². The van der Waals surface area contributed by atoms with Crippen LogP contribution in [0, 0.1) is 0 Å². The predicted molar refractivity (Wildman–Crippen MR) is 62.7 cm³/mol. The van der Waals surface area contributed by atoms with Gasteiger partial charge >= 0.3 is 0 Å². The molecule has 17 heavy (non-hydrogen) atoms. The van der Waals surface area contributed by atoms with Gasteiger partial charge in [-0.2, -0.15) is 4.98 Å². The van der Waals surface area contributed by atoms with Crippen molar-refractivity contribution in [1.29, 1.82) is 0 Å². The molecule has 0 unspecified atom stereocenters. The minimum absolute atomic E-state index is 0.725. The van der Waals surface area contributed by atoms with Gasteiger partial charge in [0.05, 0.1) is 7.11 Å². The molecule has 0 atom stereocenters. The van der Waals surface area contributed by atoms with E-state index in [0.717, 1.165) is 31.1 Å². The smallest absolute Gasteiger partial charge is 0.213 e. The topological polar surface area (TPSA) is 60.2 Å². The minimum Gasteiger partial charge on any atom is -0.497 e. The van der Waals surface area contributed by atoms with Crippen LogP contribution in [-0.4, -0.2) is 23.8 Å². The lowest BCUT2D eigenvalue weighted by atomic mass is 10.2. The van der Waals surface area contributed by atoms with Gasteiger partial charge in [0.1, 0.15) is 5.75 Å². The van der Waals surface area contributed by atoms with E-state index >= 15 is 0 Å².